The van der Waals surface area contributed by atoms with Crippen LogP contribution >= 0.6 is 27.5 Å². The highest BCUT2D eigenvalue weighted by Crippen LogP contribution is 2.28. The molecule has 2 nitrogen and oxygen atoms in total. The number of halogens is 2. The van der Waals surface area contributed by atoms with Gasteiger partial charge in [-0.25, -0.2) is 0 Å². The highest BCUT2D eigenvalue weighted by molar-refractivity contribution is 9.10. The number of ketones is 1. The topological polar surface area (TPSA) is 26.3 Å². The summed E-state index contributed by atoms with van der Waals surface area (Å²) in [6.07, 6.45) is 0.367. The summed E-state index contributed by atoms with van der Waals surface area (Å²) in [4.78, 5) is 12.3. The van der Waals surface area contributed by atoms with Crippen LogP contribution in [-0.2, 0) is 6.42 Å². The Morgan fingerprint density at radius 2 is 1.90 bits per heavy atom. The molecule has 21 heavy (non-hydrogen) atoms. The minimum atomic E-state index is -0.587. The number of hydrogen-bond acceptors (Lipinski definition) is 2. The Balaban J connectivity index is 2.11. The third-order valence-electron chi connectivity index (χ3n) is 3.21. The second-order valence-corrected chi connectivity index (χ2v) is 6.07. The van der Waals surface area contributed by atoms with E-state index >= 15 is 0 Å². The third kappa shape index (κ3) is 4.08. The maximum atomic E-state index is 12.3. The van der Waals surface area contributed by atoms with E-state index in [0.717, 1.165) is 10.9 Å². The number of carbonyl (C=O) groups is 1. The van der Waals surface area contributed by atoms with Crippen LogP contribution in [0.4, 0.5) is 0 Å². The third-order valence-corrected chi connectivity index (χ3v) is 4.00. The van der Waals surface area contributed by atoms with Crippen molar-refractivity contribution in [2.24, 2.45) is 0 Å². The molecule has 2 rings (SSSR count). The molecule has 4 heteroatoms. The normalized spacial score (nSPS) is 12.0. The van der Waals surface area contributed by atoms with Gasteiger partial charge in [0.2, 0.25) is 5.78 Å². The first-order valence-corrected chi connectivity index (χ1v) is 7.93. The first kappa shape index (κ1) is 16.1. The zero-order valence-electron chi connectivity index (χ0n) is 11.9. The molecule has 0 aliphatic carbocycles. The van der Waals surface area contributed by atoms with Gasteiger partial charge in [-0.3, -0.25) is 4.79 Å². The summed E-state index contributed by atoms with van der Waals surface area (Å²) >= 11 is 9.43. The molecule has 1 unspecified atom stereocenters. The lowest BCUT2D eigenvalue weighted by Gasteiger charge is -2.15. The average molecular weight is 368 g/mol. The molecular formula is C17H16BrClO2. The monoisotopic (exact) mass is 366 g/mol. The number of rotatable bonds is 5. The fourth-order valence-electron chi connectivity index (χ4n) is 1.95. The Labute approximate surface area is 138 Å². The highest BCUT2D eigenvalue weighted by Gasteiger charge is 2.18. The number of Topliss-reactive ketones (excluding diaryl/α,β-unsaturated/α-hetero) is 1. The van der Waals surface area contributed by atoms with Crippen molar-refractivity contribution in [1.29, 1.82) is 0 Å². The van der Waals surface area contributed by atoms with Gasteiger partial charge in [0.1, 0.15) is 5.75 Å². The van der Waals surface area contributed by atoms with Crippen molar-refractivity contribution in [3.8, 4) is 5.75 Å². The van der Waals surface area contributed by atoms with Gasteiger partial charge in [0, 0.05) is 10.0 Å². The van der Waals surface area contributed by atoms with E-state index < -0.39 is 6.10 Å². The second kappa shape index (κ2) is 7.10. The highest BCUT2D eigenvalue weighted by atomic mass is 79.9. The Morgan fingerprint density at radius 3 is 2.48 bits per heavy atom. The van der Waals surface area contributed by atoms with Crippen LogP contribution in [0.2, 0.25) is 5.02 Å². The van der Waals surface area contributed by atoms with Crippen molar-refractivity contribution in [3.05, 3.63) is 63.1 Å². The summed E-state index contributed by atoms with van der Waals surface area (Å²) in [5.74, 6) is 0.447. The molecule has 0 aromatic heterocycles. The maximum absolute atomic E-state index is 12.3. The predicted octanol–water partition coefficient (Wildman–Crippen LogP) is 5.32. The van der Waals surface area contributed by atoms with E-state index in [9.17, 15) is 4.79 Å². The van der Waals surface area contributed by atoms with E-state index in [1.54, 1.807) is 19.1 Å². The van der Waals surface area contributed by atoms with E-state index in [2.05, 4.69) is 22.9 Å². The molecule has 0 aliphatic rings. The van der Waals surface area contributed by atoms with Crippen LogP contribution in [-0.4, -0.2) is 11.9 Å². The van der Waals surface area contributed by atoms with Crippen molar-refractivity contribution in [2.45, 2.75) is 26.4 Å². The van der Waals surface area contributed by atoms with Crippen LogP contribution in [0.15, 0.2) is 46.9 Å². The molecule has 0 amide bonds. The Kier molecular flexibility index (Phi) is 5.43. The summed E-state index contributed by atoms with van der Waals surface area (Å²) in [5.41, 5.74) is 1.85. The van der Waals surface area contributed by atoms with Crippen LogP contribution < -0.4 is 4.74 Å². The van der Waals surface area contributed by atoms with Crippen molar-refractivity contribution < 1.29 is 9.53 Å². The lowest BCUT2D eigenvalue weighted by molar-refractivity contribution is 0.0818. The molecule has 0 saturated heterocycles. The number of benzene rings is 2. The van der Waals surface area contributed by atoms with Gasteiger partial charge in [-0.15, -0.1) is 0 Å². The largest absolute Gasteiger partial charge is 0.481 e. The SMILES string of the molecule is CCc1ccc(C(=O)C(C)Oc2ccc(Br)cc2Cl)cc1. The molecule has 110 valence electrons. The molecule has 2 aromatic rings. The quantitative estimate of drug-likeness (QED) is 0.669. The summed E-state index contributed by atoms with van der Waals surface area (Å²) in [6.45, 7) is 3.81. The van der Waals surface area contributed by atoms with E-state index in [1.165, 1.54) is 5.56 Å². The fraction of sp³-hybridized carbons (Fsp3) is 0.235. The molecule has 0 aliphatic heterocycles. The smallest absolute Gasteiger partial charge is 0.202 e. The first-order chi connectivity index (χ1) is 10.0. The Hall–Kier alpha value is -1.32. The minimum Gasteiger partial charge on any atom is -0.481 e. The first-order valence-electron chi connectivity index (χ1n) is 6.76. The van der Waals surface area contributed by atoms with Crippen LogP contribution in [0.25, 0.3) is 0 Å². The summed E-state index contributed by atoms with van der Waals surface area (Å²) in [6, 6.07) is 12.9. The molecule has 0 heterocycles. The van der Waals surface area contributed by atoms with E-state index in [4.69, 9.17) is 16.3 Å². The van der Waals surface area contributed by atoms with Gasteiger partial charge in [-0.05, 0) is 37.1 Å². The summed E-state index contributed by atoms with van der Waals surface area (Å²) in [5, 5.41) is 0.477. The molecule has 2 aromatic carbocycles. The molecule has 0 saturated carbocycles. The van der Waals surface area contributed by atoms with Crippen molar-refractivity contribution in [1.82, 2.24) is 0 Å². The number of aryl methyl sites for hydroxylation is 1. The van der Waals surface area contributed by atoms with Gasteiger partial charge < -0.3 is 4.74 Å². The zero-order chi connectivity index (χ0) is 15.4. The van der Waals surface area contributed by atoms with Gasteiger partial charge in [0.05, 0.1) is 5.02 Å². The summed E-state index contributed by atoms with van der Waals surface area (Å²) < 4.78 is 6.54. The van der Waals surface area contributed by atoms with Gasteiger partial charge in [-0.1, -0.05) is 58.7 Å². The van der Waals surface area contributed by atoms with E-state index in [0.29, 0.717) is 16.3 Å². The minimum absolute atomic E-state index is 0.0587. The van der Waals surface area contributed by atoms with Crippen LogP contribution in [0, 0.1) is 0 Å². The average Bonchev–Trinajstić information content (AvgIpc) is 2.49. The molecular weight excluding hydrogens is 352 g/mol. The predicted molar refractivity (Wildman–Crippen MR) is 89.4 cm³/mol. The molecule has 0 bridgehead atoms. The molecule has 1 atom stereocenters. The Morgan fingerprint density at radius 1 is 1.24 bits per heavy atom. The standard InChI is InChI=1S/C17H16BrClO2/c1-3-12-4-6-13(7-5-12)17(20)11(2)21-16-9-8-14(18)10-15(16)19/h4-11H,3H2,1-2H3. The second-order valence-electron chi connectivity index (χ2n) is 4.75. The lowest BCUT2D eigenvalue weighted by Crippen LogP contribution is -2.24. The van der Waals surface area contributed by atoms with E-state index in [-0.39, 0.29) is 5.78 Å². The van der Waals surface area contributed by atoms with Crippen molar-refractivity contribution in [2.75, 3.05) is 0 Å². The van der Waals surface area contributed by atoms with Gasteiger partial charge in [0.25, 0.3) is 0 Å². The fourth-order valence-corrected chi connectivity index (χ4v) is 2.67. The van der Waals surface area contributed by atoms with Gasteiger partial charge in [0.15, 0.2) is 6.10 Å². The zero-order valence-corrected chi connectivity index (χ0v) is 14.2. The summed E-state index contributed by atoms with van der Waals surface area (Å²) in [7, 11) is 0. The lowest BCUT2D eigenvalue weighted by atomic mass is 10.0. The molecule has 0 spiro atoms. The molecule has 0 fully saturated rings. The van der Waals surface area contributed by atoms with Gasteiger partial charge >= 0.3 is 0 Å². The maximum Gasteiger partial charge on any atom is 0.202 e. The number of carbonyl (C=O) groups excluding carboxylic acids is 1. The Bertz CT molecular complexity index is 638. The van der Waals surface area contributed by atoms with Crippen LogP contribution in [0.1, 0.15) is 29.8 Å². The number of hydrogen-bond donors (Lipinski definition) is 0. The molecule has 0 radical (unpaired) electrons. The van der Waals surface area contributed by atoms with E-state index in [1.807, 2.05) is 30.3 Å². The van der Waals surface area contributed by atoms with Crippen molar-refractivity contribution >= 4 is 33.3 Å². The number of ether oxygens (including phenoxy) is 1. The molecule has 0 N–H and O–H groups in total. The van der Waals surface area contributed by atoms with Crippen LogP contribution in [0.5, 0.6) is 5.75 Å². The van der Waals surface area contributed by atoms with Crippen LogP contribution in [0.3, 0.4) is 0 Å². The van der Waals surface area contributed by atoms with Crippen molar-refractivity contribution in [3.63, 3.8) is 0 Å². The van der Waals surface area contributed by atoms with Gasteiger partial charge in [-0.2, -0.15) is 0 Å².